The normalized spacial score (nSPS) is 10.8. The zero-order valence-corrected chi connectivity index (χ0v) is 14.3. The van der Waals surface area contributed by atoms with Gasteiger partial charge in [-0.15, -0.1) is 0 Å². The lowest BCUT2D eigenvalue weighted by molar-refractivity contribution is 0.295. The van der Waals surface area contributed by atoms with Crippen molar-refractivity contribution in [3.63, 3.8) is 0 Å². The van der Waals surface area contributed by atoms with Crippen molar-refractivity contribution < 1.29 is 9.47 Å². The number of aryl methyl sites for hydroxylation is 1. The first-order chi connectivity index (χ1) is 11.6. The minimum Gasteiger partial charge on any atom is -0.487 e. The van der Waals surface area contributed by atoms with Crippen LogP contribution in [0, 0.1) is 0 Å². The summed E-state index contributed by atoms with van der Waals surface area (Å²) in [5, 5.41) is 0. The van der Waals surface area contributed by atoms with E-state index < -0.39 is 0 Å². The molecule has 4 nitrogen and oxygen atoms in total. The van der Waals surface area contributed by atoms with Crippen LogP contribution in [0.3, 0.4) is 0 Å². The number of ether oxygens (including phenoxy) is 2. The van der Waals surface area contributed by atoms with Crippen LogP contribution in [-0.2, 0) is 13.7 Å². The SMILES string of the molecule is CC(C)c1ccc(Oc2cccc(OCc3cncn3C)c2)cc1. The van der Waals surface area contributed by atoms with Crippen molar-refractivity contribution in [2.75, 3.05) is 0 Å². The lowest BCUT2D eigenvalue weighted by Crippen LogP contribution is -2.01. The van der Waals surface area contributed by atoms with Crippen LogP contribution in [0.1, 0.15) is 31.0 Å². The molecule has 124 valence electrons. The fourth-order valence-corrected chi connectivity index (χ4v) is 2.37. The van der Waals surface area contributed by atoms with Gasteiger partial charge < -0.3 is 14.0 Å². The molecule has 3 rings (SSSR count). The van der Waals surface area contributed by atoms with E-state index in [1.807, 2.05) is 48.0 Å². The van der Waals surface area contributed by atoms with Crippen molar-refractivity contribution in [1.29, 1.82) is 0 Å². The van der Waals surface area contributed by atoms with Gasteiger partial charge in [-0.3, -0.25) is 0 Å². The van der Waals surface area contributed by atoms with Gasteiger partial charge in [-0.2, -0.15) is 0 Å². The Morgan fingerprint density at radius 3 is 2.42 bits per heavy atom. The van der Waals surface area contributed by atoms with E-state index in [0.717, 1.165) is 22.9 Å². The molecule has 1 heterocycles. The standard InChI is InChI=1S/C20H22N2O2/c1-15(2)16-7-9-18(10-8-16)24-20-6-4-5-19(11-20)23-13-17-12-21-14-22(17)3/h4-12,14-15H,13H2,1-3H3. The molecule has 0 saturated carbocycles. The van der Waals surface area contributed by atoms with E-state index in [1.54, 1.807) is 12.5 Å². The Labute approximate surface area is 142 Å². The highest BCUT2D eigenvalue weighted by molar-refractivity contribution is 5.38. The van der Waals surface area contributed by atoms with Gasteiger partial charge in [-0.05, 0) is 35.7 Å². The number of aromatic nitrogens is 2. The van der Waals surface area contributed by atoms with Gasteiger partial charge in [0.25, 0.3) is 0 Å². The summed E-state index contributed by atoms with van der Waals surface area (Å²) in [5.41, 5.74) is 2.32. The van der Waals surface area contributed by atoms with Crippen molar-refractivity contribution in [1.82, 2.24) is 9.55 Å². The van der Waals surface area contributed by atoms with Crippen molar-refractivity contribution in [3.05, 3.63) is 72.3 Å². The van der Waals surface area contributed by atoms with E-state index in [9.17, 15) is 0 Å². The molecule has 0 amide bonds. The Kier molecular flexibility index (Phi) is 4.85. The van der Waals surface area contributed by atoms with Gasteiger partial charge in [-0.25, -0.2) is 4.98 Å². The molecular formula is C20H22N2O2. The van der Waals surface area contributed by atoms with Crippen LogP contribution in [0.5, 0.6) is 17.2 Å². The largest absolute Gasteiger partial charge is 0.487 e. The molecule has 0 fully saturated rings. The smallest absolute Gasteiger partial charge is 0.131 e. The second kappa shape index (κ2) is 7.21. The van der Waals surface area contributed by atoms with Crippen LogP contribution in [0.15, 0.2) is 61.1 Å². The van der Waals surface area contributed by atoms with Gasteiger partial charge in [0.2, 0.25) is 0 Å². The third-order valence-electron chi connectivity index (χ3n) is 3.89. The molecule has 4 heteroatoms. The summed E-state index contributed by atoms with van der Waals surface area (Å²) in [6, 6.07) is 15.9. The number of hydrogen-bond donors (Lipinski definition) is 0. The first-order valence-electron chi connectivity index (χ1n) is 8.07. The van der Waals surface area contributed by atoms with Crippen LogP contribution in [0.2, 0.25) is 0 Å². The quantitative estimate of drug-likeness (QED) is 0.646. The maximum Gasteiger partial charge on any atom is 0.131 e. The molecule has 0 atom stereocenters. The van der Waals surface area contributed by atoms with E-state index >= 15 is 0 Å². The van der Waals surface area contributed by atoms with Gasteiger partial charge in [0.05, 0.1) is 18.2 Å². The lowest BCUT2D eigenvalue weighted by atomic mass is 10.0. The Morgan fingerprint density at radius 2 is 1.75 bits per heavy atom. The Hall–Kier alpha value is -2.75. The average molecular weight is 322 g/mol. The topological polar surface area (TPSA) is 36.3 Å². The van der Waals surface area contributed by atoms with Gasteiger partial charge in [0, 0.05) is 13.1 Å². The van der Waals surface area contributed by atoms with E-state index in [1.165, 1.54) is 5.56 Å². The summed E-state index contributed by atoms with van der Waals surface area (Å²) < 4.78 is 13.7. The molecule has 0 bridgehead atoms. The summed E-state index contributed by atoms with van der Waals surface area (Å²) in [5.74, 6) is 2.87. The Balaban J connectivity index is 1.65. The molecule has 0 aliphatic rings. The van der Waals surface area contributed by atoms with Crippen LogP contribution in [0.25, 0.3) is 0 Å². The molecule has 0 saturated heterocycles. The van der Waals surface area contributed by atoms with Crippen molar-refractivity contribution >= 4 is 0 Å². The highest BCUT2D eigenvalue weighted by Crippen LogP contribution is 2.27. The summed E-state index contributed by atoms with van der Waals surface area (Å²) in [4.78, 5) is 4.09. The summed E-state index contributed by atoms with van der Waals surface area (Å²) in [7, 11) is 1.95. The van der Waals surface area contributed by atoms with Crippen LogP contribution in [0.4, 0.5) is 0 Å². The average Bonchev–Trinajstić information content (AvgIpc) is 2.99. The molecule has 0 unspecified atom stereocenters. The van der Waals surface area contributed by atoms with Crippen molar-refractivity contribution in [2.24, 2.45) is 7.05 Å². The molecular weight excluding hydrogens is 300 g/mol. The monoisotopic (exact) mass is 322 g/mol. The van der Waals surface area contributed by atoms with Crippen LogP contribution >= 0.6 is 0 Å². The maximum atomic E-state index is 5.92. The maximum absolute atomic E-state index is 5.92. The lowest BCUT2D eigenvalue weighted by Gasteiger charge is -2.11. The van der Waals surface area contributed by atoms with Crippen LogP contribution in [-0.4, -0.2) is 9.55 Å². The third-order valence-corrected chi connectivity index (χ3v) is 3.89. The van der Waals surface area contributed by atoms with Crippen molar-refractivity contribution in [3.8, 4) is 17.2 Å². The molecule has 24 heavy (non-hydrogen) atoms. The molecule has 0 aliphatic heterocycles. The van der Waals surface area contributed by atoms with E-state index in [4.69, 9.17) is 9.47 Å². The van der Waals surface area contributed by atoms with Gasteiger partial charge in [0.1, 0.15) is 23.9 Å². The molecule has 0 N–H and O–H groups in total. The molecule has 0 aliphatic carbocycles. The fourth-order valence-electron chi connectivity index (χ4n) is 2.37. The van der Waals surface area contributed by atoms with Gasteiger partial charge in [-0.1, -0.05) is 32.0 Å². The number of nitrogens with zero attached hydrogens (tertiary/aromatic N) is 2. The highest BCUT2D eigenvalue weighted by atomic mass is 16.5. The number of benzene rings is 2. The Bertz CT molecular complexity index is 791. The van der Waals surface area contributed by atoms with E-state index in [2.05, 4.69) is 31.0 Å². The number of hydrogen-bond acceptors (Lipinski definition) is 3. The van der Waals surface area contributed by atoms with Gasteiger partial charge in [0.15, 0.2) is 0 Å². The highest BCUT2D eigenvalue weighted by Gasteiger charge is 2.04. The first kappa shape index (κ1) is 16.1. The zero-order chi connectivity index (χ0) is 16.9. The fraction of sp³-hybridized carbons (Fsp3) is 0.250. The minimum atomic E-state index is 0.475. The second-order valence-corrected chi connectivity index (χ2v) is 6.09. The summed E-state index contributed by atoms with van der Waals surface area (Å²) >= 11 is 0. The molecule has 3 aromatic rings. The Morgan fingerprint density at radius 1 is 1.00 bits per heavy atom. The zero-order valence-electron chi connectivity index (χ0n) is 14.3. The third kappa shape index (κ3) is 3.96. The van der Waals surface area contributed by atoms with E-state index in [0.29, 0.717) is 12.5 Å². The predicted molar refractivity (Wildman–Crippen MR) is 94.6 cm³/mol. The molecule has 0 spiro atoms. The predicted octanol–water partition coefficient (Wildman–Crippen LogP) is 4.91. The van der Waals surface area contributed by atoms with Gasteiger partial charge >= 0.3 is 0 Å². The van der Waals surface area contributed by atoms with E-state index in [-0.39, 0.29) is 0 Å². The van der Waals surface area contributed by atoms with Crippen LogP contribution < -0.4 is 9.47 Å². The second-order valence-electron chi connectivity index (χ2n) is 6.09. The van der Waals surface area contributed by atoms with Crippen molar-refractivity contribution in [2.45, 2.75) is 26.4 Å². The summed E-state index contributed by atoms with van der Waals surface area (Å²) in [6.45, 7) is 4.83. The summed E-state index contributed by atoms with van der Waals surface area (Å²) in [6.07, 6.45) is 3.57. The first-order valence-corrected chi connectivity index (χ1v) is 8.07. The number of imidazole rings is 1. The molecule has 2 aromatic carbocycles. The molecule has 0 radical (unpaired) electrons. The minimum absolute atomic E-state index is 0.475. The number of rotatable bonds is 6. The molecule has 1 aromatic heterocycles.